The van der Waals surface area contributed by atoms with Gasteiger partial charge in [-0.3, -0.25) is 9.78 Å². The molecule has 5 heterocycles. The summed E-state index contributed by atoms with van der Waals surface area (Å²) in [5, 5.41) is 8.78. The van der Waals surface area contributed by atoms with Gasteiger partial charge in [0.05, 0.1) is 25.3 Å². The average Bonchev–Trinajstić information content (AvgIpc) is 3.41. The molecule has 6 rings (SSSR count). The Bertz CT molecular complexity index is 1930. The molecule has 1 atom stereocenters. The molecule has 244 valence electrons. The van der Waals surface area contributed by atoms with Gasteiger partial charge in [-0.1, -0.05) is 31.2 Å². The van der Waals surface area contributed by atoms with Crippen LogP contribution in [0.25, 0.3) is 11.0 Å². The smallest absolute Gasteiger partial charge is 0.248 e. The van der Waals surface area contributed by atoms with Crippen LogP contribution in [0, 0.1) is 26.2 Å². The van der Waals surface area contributed by atoms with Gasteiger partial charge in [-0.2, -0.15) is 4.31 Å². The van der Waals surface area contributed by atoms with E-state index in [1.807, 2.05) is 64.6 Å². The maximum atomic E-state index is 14.3. The fourth-order valence-electron chi connectivity index (χ4n) is 6.74. The van der Waals surface area contributed by atoms with Crippen LogP contribution in [0.1, 0.15) is 80.0 Å². The Labute approximate surface area is 270 Å². The van der Waals surface area contributed by atoms with E-state index < -0.39 is 21.0 Å². The Balaban J connectivity index is 1.46. The van der Waals surface area contributed by atoms with E-state index >= 15 is 0 Å². The second-order valence-corrected chi connectivity index (χ2v) is 15.2. The van der Waals surface area contributed by atoms with Crippen LogP contribution in [-0.4, -0.2) is 68.8 Å². The number of nitrogens with zero attached hydrogens (tertiary/aromatic N) is 6. The van der Waals surface area contributed by atoms with Crippen LogP contribution in [0.2, 0.25) is 0 Å². The SMILES string of the molecule is CCn1nnc2c(C)c([C@H](c3cnc(C)c(CN4CC5(CCOCC5)Oc5ncc(C)cc5S4(=O)=O)c3)C(C)(C)C(C)=O)ccc21. The maximum Gasteiger partial charge on any atom is 0.248 e. The van der Waals surface area contributed by atoms with Gasteiger partial charge < -0.3 is 9.47 Å². The minimum absolute atomic E-state index is 0.0320. The number of rotatable bonds is 7. The Kier molecular flexibility index (Phi) is 8.27. The Morgan fingerprint density at radius 3 is 2.52 bits per heavy atom. The average molecular weight is 647 g/mol. The maximum absolute atomic E-state index is 14.3. The predicted octanol–water partition coefficient (Wildman–Crippen LogP) is 5.05. The monoisotopic (exact) mass is 646 g/mol. The van der Waals surface area contributed by atoms with Crippen molar-refractivity contribution in [2.24, 2.45) is 5.41 Å². The van der Waals surface area contributed by atoms with Gasteiger partial charge in [0.15, 0.2) is 0 Å². The molecule has 1 spiro atoms. The number of pyridine rings is 2. The van der Waals surface area contributed by atoms with Crippen molar-refractivity contribution >= 4 is 26.8 Å². The lowest BCUT2D eigenvalue weighted by atomic mass is 9.68. The standard InChI is InChI=1S/C34H42N6O5S/c1-8-40-28-10-9-27(22(3)31(28)37-38-40)30(33(6,7)24(5)41)25-16-26(23(4)35-18-25)19-39-20-34(11-13-44-14-12-34)45-32-29(46(39,42)43)15-21(2)17-36-32/h9-10,15-18,30H,8,11-14,19-20H2,1-7H3/t30-/m0/s1. The number of benzene rings is 1. The van der Waals surface area contributed by atoms with Crippen LogP contribution in [0.4, 0.5) is 0 Å². The second-order valence-electron chi connectivity index (χ2n) is 13.3. The first-order valence-electron chi connectivity index (χ1n) is 15.8. The highest BCUT2D eigenvalue weighted by molar-refractivity contribution is 7.89. The van der Waals surface area contributed by atoms with Gasteiger partial charge in [-0.05, 0) is 74.6 Å². The van der Waals surface area contributed by atoms with Crippen LogP contribution >= 0.6 is 0 Å². The van der Waals surface area contributed by atoms with E-state index in [0.717, 1.165) is 38.9 Å². The van der Waals surface area contributed by atoms with Gasteiger partial charge in [0.2, 0.25) is 15.9 Å². The Morgan fingerprint density at radius 1 is 1.09 bits per heavy atom. The number of fused-ring (bicyclic) bond motifs is 2. The van der Waals surface area contributed by atoms with E-state index in [2.05, 4.69) is 21.4 Å². The van der Waals surface area contributed by atoms with Crippen molar-refractivity contribution in [3.05, 3.63) is 70.2 Å². The number of carbonyl (C=O) groups excluding carboxylic acids is 1. The second kappa shape index (κ2) is 11.8. The van der Waals surface area contributed by atoms with Gasteiger partial charge in [0.25, 0.3) is 0 Å². The lowest BCUT2D eigenvalue weighted by molar-refractivity contribution is -0.125. The largest absolute Gasteiger partial charge is 0.468 e. The summed E-state index contributed by atoms with van der Waals surface area (Å²) in [6.07, 6.45) is 4.53. The van der Waals surface area contributed by atoms with Crippen molar-refractivity contribution in [3.63, 3.8) is 0 Å². The molecule has 2 aliphatic heterocycles. The molecule has 0 unspecified atom stereocenters. The normalized spacial score (nSPS) is 18.6. The first-order valence-corrected chi connectivity index (χ1v) is 17.2. The minimum Gasteiger partial charge on any atom is -0.468 e. The third kappa shape index (κ3) is 5.50. The number of ether oxygens (including phenoxy) is 2. The van der Waals surface area contributed by atoms with Crippen LogP contribution in [0.3, 0.4) is 0 Å². The highest BCUT2D eigenvalue weighted by atomic mass is 32.2. The summed E-state index contributed by atoms with van der Waals surface area (Å²) in [7, 11) is -3.98. The number of sulfonamides is 1. The van der Waals surface area contributed by atoms with Crippen molar-refractivity contribution in [2.45, 2.75) is 90.8 Å². The number of aromatic nitrogens is 5. The van der Waals surface area contributed by atoms with Crippen molar-refractivity contribution in [3.8, 4) is 5.88 Å². The fourth-order valence-corrected chi connectivity index (χ4v) is 8.38. The summed E-state index contributed by atoms with van der Waals surface area (Å²) in [6.45, 7) is 15.1. The molecule has 4 aromatic rings. The third-order valence-electron chi connectivity index (χ3n) is 9.87. The summed E-state index contributed by atoms with van der Waals surface area (Å²) in [6, 6.07) is 7.71. The molecule has 46 heavy (non-hydrogen) atoms. The minimum atomic E-state index is -3.98. The van der Waals surface area contributed by atoms with E-state index in [4.69, 9.17) is 14.5 Å². The molecule has 1 aromatic carbocycles. The van der Waals surface area contributed by atoms with E-state index in [-0.39, 0.29) is 35.6 Å². The van der Waals surface area contributed by atoms with E-state index in [9.17, 15) is 13.2 Å². The molecule has 0 saturated carbocycles. The Hall–Kier alpha value is -3.74. The molecule has 12 heteroatoms. The number of ketones is 1. The zero-order valence-electron chi connectivity index (χ0n) is 27.6. The molecular formula is C34H42N6O5S. The summed E-state index contributed by atoms with van der Waals surface area (Å²) >= 11 is 0. The molecule has 0 amide bonds. The number of hydrogen-bond donors (Lipinski definition) is 0. The zero-order chi connectivity index (χ0) is 33.0. The lowest BCUT2D eigenvalue weighted by Gasteiger charge is -2.38. The third-order valence-corrected chi connectivity index (χ3v) is 11.7. The number of Topliss-reactive ketones (excluding diaryl/α,β-unsaturated/α-hetero) is 1. The van der Waals surface area contributed by atoms with Gasteiger partial charge >= 0.3 is 0 Å². The van der Waals surface area contributed by atoms with Gasteiger partial charge in [0, 0.05) is 55.4 Å². The first kappa shape index (κ1) is 32.2. The molecular weight excluding hydrogens is 604 g/mol. The van der Waals surface area contributed by atoms with Crippen molar-refractivity contribution < 1.29 is 22.7 Å². The summed E-state index contributed by atoms with van der Waals surface area (Å²) in [4.78, 5) is 22.5. The quantitative estimate of drug-likeness (QED) is 0.271. The topological polar surface area (TPSA) is 129 Å². The van der Waals surface area contributed by atoms with Crippen molar-refractivity contribution in [1.82, 2.24) is 29.3 Å². The molecule has 0 aliphatic carbocycles. The van der Waals surface area contributed by atoms with Crippen LogP contribution in [-0.2, 0) is 32.6 Å². The molecule has 1 fully saturated rings. The number of hydrogen-bond acceptors (Lipinski definition) is 9. The molecule has 3 aromatic heterocycles. The van der Waals surface area contributed by atoms with Crippen LogP contribution in [0.15, 0.2) is 41.6 Å². The first-order chi connectivity index (χ1) is 21.8. The highest BCUT2D eigenvalue weighted by Crippen LogP contribution is 2.45. The van der Waals surface area contributed by atoms with Crippen molar-refractivity contribution in [1.29, 1.82) is 0 Å². The molecule has 1 saturated heterocycles. The molecule has 0 radical (unpaired) electrons. The summed E-state index contributed by atoms with van der Waals surface area (Å²) in [5.41, 5.74) is 5.10. The lowest BCUT2D eigenvalue weighted by Crippen LogP contribution is -2.50. The highest BCUT2D eigenvalue weighted by Gasteiger charge is 2.46. The predicted molar refractivity (Wildman–Crippen MR) is 173 cm³/mol. The molecule has 0 bridgehead atoms. The van der Waals surface area contributed by atoms with Crippen LogP contribution < -0.4 is 4.74 Å². The van der Waals surface area contributed by atoms with Crippen molar-refractivity contribution in [2.75, 3.05) is 19.8 Å². The zero-order valence-corrected chi connectivity index (χ0v) is 28.4. The van der Waals surface area contributed by atoms with Gasteiger partial charge in [-0.15, -0.1) is 5.10 Å². The van der Waals surface area contributed by atoms with E-state index in [1.165, 1.54) is 4.31 Å². The Morgan fingerprint density at radius 2 is 1.83 bits per heavy atom. The summed E-state index contributed by atoms with van der Waals surface area (Å²) < 4.78 is 44.0. The fraction of sp³-hybridized carbons (Fsp3) is 0.500. The van der Waals surface area contributed by atoms with Crippen LogP contribution in [0.5, 0.6) is 5.88 Å². The van der Waals surface area contributed by atoms with Gasteiger partial charge in [-0.25, -0.2) is 18.1 Å². The molecule has 0 N–H and O–H groups in total. The molecule has 11 nitrogen and oxygen atoms in total. The molecule has 2 aliphatic rings. The number of aryl methyl sites for hydroxylation is 4. The van der Waals surface area contributed by atoms with Gasteiger partial charge in [0.1, 0.15) is 21.8 Å². The summed E-state index contributed by atoms with van der Waals surface area (Å²) in [5.74, 6) is -0.205. The number of carbonyl (C=O) groups is 1. The van der Waals surface area contributed by atoms with E-state index in [1.54, 1.807) is 19.2 Å². The van der Waals surface area contributed by atoms with E-state index in [0.29, 0.717) is 38.3 Å².